The summed E-state index contributed by atoms with van der Waals surface area (Å²) in [5, 5.41) is 16.5. The molecule has 2 aliphatic carbocycles. The van der Waals surface area contributed by atoms with Gasteiger partial charge in [0.05, 0.1) is 16.7 Å². The normalized spacial score (nSPS) is 17.6. The van der Waals surface area contributed by atoms with Crippen LogP contribution in [-0.2, 0) is 32.0 Å². The van der Waals surface area contributed by atoms with E-state index in [1.807, 2.05) is 61.8 Å². The number of hydrogen-bond donors (Lipinski definition) is 0. The Balaban J connectivity index is 0.000000114. The molecule has 9 aromatic heterocycles. The van der Waals surface area contributed by atoms with E-state index in [0.717, 1.165) is 153 Å². The van der Waals surface area contributed by atoms with Gasteiger partial charge in [-0.25, -0.2) is 13.7 Å². The van der Waals surface area contributed by atoms with Gasteiger partial charge in [-0.3, -0.25) is 15.0 Å². The second-order valence-electron chi connectivity index (χ2n) is 37.0. The lowest BCUT2D eigenvalue weighted by atomic mass is 9.57. The average Bonchev–Trinajstić information content (AvgIpc) is 0.858. The largest absolute Gasteiger partial charge is 0.453 e. The molecule has 9 aromatic carbocycles. The fourth-order valence-corrected chi connectivity index (χ4v) is 43.4. The van der Waals surface area contributed by atoms with E-state index in [-0.39, 0.29) is 5.41 Å². The third kappa shape index (κ3) is 11.8. The predicted octanol–water partition coefficient (Wildman–Crippen LogP) is 20.3. The number of aryl methyl sites for hydroxylation is 6. The molecule has 596 valence electrons. The number of benzene rings is 9. The minimum Gasteiger partial charge on any atom is -0.453 e. The number of hydrogen-bond acceptors (Lipinski definition) is 6. The molecule has 1 atom stereocenters. The van der Waals surface area contributed by atoms with Crippen molar-refractivity contribution in [2.45, 2.75) is 135 Å². The highest BCUT2D eigenvalue weighted by Crippen LogP contribution is 2.57. The lowest BCUT2D eigenvalue weighted by Gasteiger charge is -2.46. The first-order valence-corrected chi connectivity index (χ1v) is 54.7. The van der Waals surface area contributed by atoms with Crippen LogP contribution in [0, 0.1) is 20.8 Å². The molecule has 1 saturated heterocycles. The summed E-state index contributed by atoms with van der Waals surface area (Å²) < 4.78 is 52.1. The molecular formula is C108H103N6O3Si4+3. The maximum Gasteiger partial charge on any atom is 0.216 e. The van der Waals surface area contributed by atoms with Crippen LogP contribution in [0.15, 0.2) is 287 Å². The molecule has 0 amide bonds. The molecule has 1 unspecified atom stereocenters. The molecular weight excluding hydrogens is 1540 g/mol. The van der Waals surface area contributed by atoms with E-state index < -0.39 is 44.6 Å². The van der Waals surface area contributed by atoms with Gasteiger partial charge >= 0.3 is 0 Å². The number of fused-ring (bicyclic) bond motifs is 19. The Kier molecular flexibility index (Phi) is 17.1. The van der Waals surface area contributed by atoms with E-state index in [9.17, 15) is 0 Å². The van der Waals surface area contributed by atoms with Crippen molar-refractivity contribution in [2.75, 3.05) is 0 Å². The van der Waals surface area contributed by atoms with Crippen LogP contribution in [0.3, 0.4) is 0 Å². The van der Waals surface area contributed by atoms with Crippen LogP contribution in [0.5, 0.6) is 0 Å². The Labute approximate surface area is 717 Å². The van der Waals surface area contributed by atoms with Gasteiger partial charge in [-0.1, -0.05) is 260 Å². The van der Waals surface area contributed by atoms with Gasteiger partial charge < -0.3 is 13.3 Å². The van der Waals surface area contributed by atoms with Gasteiger partial charge in [-0.15, -0.1) is 0 Å². The van der Waals surface area contributed by atoms with Crippen LogP contribution in [0.1, 0.15) is 95.4 Å². The smallest absolute Gasteiger partial charge is 0.216 e. The maximum atomic E-state index is 8.75. The van der Waals surface area contributed by atoms with Crippen molar-refractivity contribution < 1.29 is 31.1 Å². The van der Waals surface area contributed by atoms with E-state index in [0.29, 0.717) is 0 Å². The van der Waals surface area contributed by atoms with Crippen molar-refractivity contribution in [1.82, 2.24) is 15.0 Å². The third-order valence-corrected chi connectivity index (χ3v) is 46.0. The lowest BCUT2D eigenvalue weighted by Crippen LogP contribution is -2.78. The van der Waals surface area contributed by atoms with Gasteiger partial charge in [0.2, 0.25) is 17.1 Å². The SMILES string of the molecule is Cc1ccc2c(oc3cccnc32)c1-c1cc(-c2ccc3c(c2)[Si](C)(C)c2ccccc2[Si]3(C)C)cc[n+]1C.Cc1ccc2c(oc3cccnc32)c1-c1cc(-c2ccc3c(c2)[Si]2(CCCC2)c2ccccc2[Si]3(C)C)cc[n+]1C.[2H]C([2H])([2H])C1(C)c2ccccc2C2(CCCC2)c2cc(-c3cc[n+](C)c(-c4c(C)ccc5c4oc4cccnc45)c3)ccc21. The van der Waals surface area contributed by atoms with Gasteiger partial charge in [0, 0.05) is 86.1 Å². The summed E-state index contributed by atoms with van der Waals surface area (Å²) in [4.78, 5) is 13.8. The van der Waals surface area contributed by atoms with Crippen molar-refractivity contribution >= 4 is 140 Å². The summed E-state index contributed by atoms with van der Waals surface area (Å²) in [5.74, 6) is 0. The van der Waals surface area contributed by atoms with Crippen molar-refractivity contribution in [1.29, 1.82) is 0 Å². The zero-order chi connectivity index (χ0) is 85.5. The third-order valence-electron chi connectivity index (χ3n) is 29.0. The topological polar surface area (TPSA) is 89.7 Å². The lowest BCUT2D eigenvalue weighted by molar-refractivity contribution is -0.660. The fraction of sp³-hybridized carbons (Fsp3) is 0.222. The number of pyridine rings is 6. The van der Waals surface area contributed by atoms with Gasteiger partial charge in [-0.2, -0.15) is 0 Å². The Morgan fingerprint density at radius 3 is 1.14 bits per heavy atom. The molecule has 121 heavy (non-hydrogen) atoms. The molecule has 5 aliphatic rings. The van der Waals surface area contributed by atoms with Gasteiger partial charge in [0.25, 0.3) is 0 Å². The minimum absolute atomic E-state index is 0.168. The molecule has 9 nitrogen and oxygen atoms in total. The number of nitrogens with zero attached hydrogens (tertiary/aromatic N) is 6. The summed E-state index contributed by atoms with van der Waals surface area (Å²) in [5.41, 5.74) is 28.4. The average molecular weight is 1650 g/mol. The minimum atomic E-state index is -2.19. The first kappa shape index (κ1) is 73.1. The van der Waals surface area contributed by atoms with Crippen LogP contribution in [-0.4, -0.2) is 47.2 Å². The standard InChI is InChI=1S/C38H35N2O.C36H35N2OSi2.C34H33N2OSi2/c1-24-13-15-27-35-33(12-9-20-39-35)41-36(27)34(24)32-23-26(17-21-40(32)4)25-14-16-29-31(22-25)38(18-7-8-19-38)30-11-6-5-10-28(30)37(29,2)3;1-24-13-15-27-35-29(10-9-18-37-35)39-36(27)34(24)28-22-26(17-19-38(28)2)25-14-16-31-33(23-25)41(20-7-8-21-41)32-12-6-5-11-30(32)40(31,3)4;1-22-13-15-25-33-27(10-9-18-35-33)37-34(25)32(22)26-20-24(17-19-36(26)2)23-14-16-30-31(21-23)39(5,6)29-12-8-7-11-28(29)38(30,3)4/h5-6,9-17,20-23H,7-8,18-19H2,1-4H3;5-6,9-19,22-23H,7-8,20-21H2,1-4H3;7-21H,1-6H3/q3*+1/i2D3;;. The van der Waals surface area contributed by atoms with Gasteiger partial charge in [-0.05, 0) is 179 Å². The van der Waals surface area contributed by atoms with Crippen LogP contribution >= 0.6 is 0 Å². The molecule has 13 heteroatoms. The van der Waals surface area contributed by atoms with Crippen LogP contribution in [0.25, 0.3) is 133 Å². The predicted molar refractivity (Wildman–Crippen MR) is 510 cm³/mol. The zero-order valence-electron chi connectivity index (χ0n) is 74.5. The summed E-state index contributed by atoms with van der Waals surface area (Å²) >= 11 is 0. The number of furan rings is 3. The molecule has 0 radical (unpaired) electrons. The zero-order valence-corrected chi connectivity index (χ0v) is 75.5. The van der Waals surface area contributed by atoms with Crippen LogP contribution in [0.2, 0.25) is 51.4 Å². The van der Waals surface area contributed by atoms with Crippen molar-refractivity contribution in [3.63, 3.8) is 0 Å². The quantitative estimate of drug-likeness (QED) is 0.122. The molecule has 2 fully saturated rings. The Hall–Kier alpha value is -11.9. The first-order chi connectivity index (χ1) is 59.7. The number of rotatable bonds is 6. The van der Waals surface area contributed by atoms with Crippen molar-refractivity contribution in [3.8, 4) is 67.2 Å². The summed E-state index contributed by atoms with van der Waals surface area (Å²) in [6, 6.07) is 89.6. The molecule has 18 aromatic rings. The summed E-state index contributed by atoms with van der Waals surface area (Å²) in [6.45, 7) is 21.4. The molecule has 0 bridgehead atoms. The number of aromatic nitrogens is 6. The highest BCUT2D eigenvalue weighted by molar-refractivity contribution is 7.17. The van der Waals surface area contributed by atoms with E-state index in [4.69, 9.17) is 17.4 Å². The monoisotopic (exact) mass is 1650 g/mol. The molecule has 12 heterocycles. The Morgan fingerprint density at radius 1 is 0.339 bits per heavy atom. The second-order valence-corrected chi connectivity index (χ2v) is 54.2. The van der Waals surface area contributed by atoms with E-state index >= 15 is 0 Å². The molecule has 0 N–H and O–H groups in total. The van der Waals surface area contributed by atoms with Crippen molar-refractivity contribution in [2.24, 2.45) is 21.1 Å². The summed E-state index contributed by atoms with van der Waals surface area (Å²) in [7, 11) is -0.792. The molecule has 23 rings (SSSR count). The van der Waals surface area contributed by atoms with Crippen LogP contribution in [0.4, 0.5) is 0 Å². The maximum absolute atomic E-state index is 8.75. The highest BCUT2D eigenvalue weighted by atomic mass is 28.3. The Morgan fingerprint density at radius 2 is 0.694 bits per heavy atom. The first-order valence-electron chi connectivity index (χ1n) is 44.8. The molecule has 1 saturated carbocycles. The van der Waals surface area contributed by atoms with E-state index in [1.165, 1.54) is 69.4 Å². The summed E-state index contributed by atoms with van der Waals surface area (Å²) in [6.07, 6.45) is 19.1. The van der Waals surface area contributed by atoms with Crippen molar-refractivity contribution in [3.05, 3.63) is 313 Å². The molecule has 3 aliphatic heterocycles. The van der Waals surface area contributed by atoms with Gasteiger partial charge in [0.1, 0.15) is 70.0 Å². The second kappa shape index (κ2) is 28.4. The molecule has 2 spiro atoms. The van der Waals surface area contributed by atoms with E-state index in [1.54, 1.807) is 47.7 Å². The fourth-order valence-electron chi connectivity index (χ4n) is 22.5. The van der Waals surface area contributed by atoms with Gasteiger partial charge in [0.15, 0.2) is 52.1 Å². The van der Waals surface area contributed by atoms with Crippen LogP contribution < -0.4 is 55.2 Å². The van der Waals surface area contributed by atoms with E-state index in [2.05, 4.69) is 323 Å². The Bertz CT molecular complexity index is 7490. The highest BCUT2D eigenvalue weighted by Gasteiger charge is 2.52.